The summed E-state index contributed by atoms with van der Waals surface area (Å²) in [6.45, 7) is 8.01. The molecule has 5 atom stereocenters. The van der Waals surface area contributed by atoms with Gasteiger partial charge in [-0.05, 0) is 27.7 Å². The van der Waals surface area contributed by atoms with Gasteiger partial charge in [-0.15, -0.1) is 0 Å². The van der Waals surface area contributed by atoms with Crippen molar-refractivity contribution in [2.24, 2.45) is 0 Å². The van der Waals surface area contributed by atoms with Gasteiger partial charge in [0.25, 0.3) is 0 Å². The summed E-state index contributed by atoms with van der Waals surface area (Å²) in [6, 6.07) is 0. The number of hydrogen-bond donors (Lipinski definition) is 0. The smallest absolute Gasteiger partial charge is 0.190 e. The van der Waals surface area contributed by atoms with Gasteiger partial charge in [-0.3, -0.25) is 0 Å². The number of hydrogen-bond acceptors (Lipinski definition) is 6. The van der Waals surface area contributed by atoms with E-state index in [-0.39, 0.29) is 24.4 Å². The van der Waals surface area contributed by atoms with Crippen LogP contribution in [0.3, 0.4) is 0 Å². The second-order valence-electron chi connectivity index (χ2n) is 6.14. The Balaban J connectivity index is 1.72. The Hall–Kier alpha value is -0.240. The first-order valence-electron chi connectivity index (χ1n) is 6.67. The average Bonchev–Trinajstić information content (AvgIpc) is 2.87. The molecule has 0 spiro atoms. The molecule has 3 heterocycles. The summed E-state index contributed by atoms with van der Waals surface area (Å²) in [7, 11) is 1.65. The fourth-order valence-electron chi connectivity index (χ4n) is 2.95. The van der Waals surface area contributed by atoms with E-state index in [4.69, 9.17) is 28.4 Å². The maximum Gasteiger partial charge on any atom is 0.190 e. The fraction of sp³-hybridized carbons (Fsp3) is 1.00. The van der Waals surface area contributed by atoms with Gasteiger partial charge >= 0.3 is 0 Å². The normalized spacial score (nSPS) is 47.5. The van der Waals surface area contributed by atoms with Crippen LogP contribution >= 0.6 is 0 Å². The van der Waals surface area contributed by atoms with Gasteiger partial charge in [0.05, 0.1) is 6.61 Å². The second-order valence-corrected chi connectivity index (χ2v) is 6.14. The van der Waals surface area contributed by atoms with E-state index >= 15 is 0 Å². The highest BCUT2D eigenvalue weighted by molar-refractivity contribution is 4.98. The predicted octanol–water partition coefficient (Wildman–Crippen LogP) is 1.03. The summed E-state index contributed by atoms with van der Waals surface area (Å²) < 4.78 is 34.5. The van der Waals surface area contributed by atoms with Crippen molar-refractivity contribution in [3.63, 3.8) is 0 Å². The Labute approximate surface area is 113 Å². The molecule has 0 aromatic heterocycles. The molecule has 3 fully saturated rings. The molecule has 0 aromatic carbocycles. The van der Waals surface area contributed by atoms with Gasteiger partial charge in [-0.1, -0.05) is 0 Å². The molecule has 3 aliphatic heterocycles. The monoisotopic (exact) mass is 274 g/mol. The largest absolute Gasteiger partial charge is 0.376 e. The molecule has 6 nitrogen and oxygen atoms in total. The van der Waals surface area contributed by atoms with Crippen molar-refractivity contribution >= 4 is 0 Å². The molecule has 0 aliphatic carbocycles. The van der Waals surface area contributed by atoms with Crippen molar-refractivity contribution in [1.29, 1.82) is 0 Å². The van der Waals surface area contributed by atoms with Crippen molar-refractivity contribution in [2.45, 2.75) is 70.0 Å². The standard InChI is InChI=1S/C13H22O6/c1-12(2)15-6-7(17-12)8-9(14-5)10-11(16-8)19-13(3,4)18-10/h7-11H,6H2,1-5H3/t7?,8-,9+,10-,11-/m1/s1. The minimum atomic E-state index is -0.636. The molecule has 0 bridgehead atoms. The van der Waals surface area contributed by atoms with Crippen LogP contribution in [0.5, 0.6) is 0 Å². The van der Waals surface area contributed by atoms with Crippen LogP contribution < -0.4 is 0 Å². The van der Waals surface area contributed by atoms with Crippen LogP contribution in [0.2, 0.25) is 0 Å². The summed E-state index contributed by atoms with van der Waals surface area (Å²) >= 11 is 0. The number of methoxy groups -OCH3 is 1. The first-order valence-corrected chi connectivity index (χ1v) is 6.67. The number of rotatable bonds is 2. The Morgan fingerprint density at radius 1 is 0.947 bits per heavy atom. The lowest BCUT2D eigenvalue weighted by atomic mass is 10.1. The molecule has 110 valence electrons. The molecule has 0 amide bonds. The molecule has 19 heavy (non-hydrogen) atoms. The lowest BCUT2D eigenvalue weighted by Gasteiger charge is -2.28. The van der Waals surface area contributed by atoms with Crippen LogP contribution in [0.4, 0.5) is 0 Å². The third kappa shape index (κ3) is 2.41. The van der Waals surface area contributed by atoms with Crippen LogP contribution in [-0.2, 0) is 28.4 Å². The number of fused-ring (bicyclic) bond motifs is 1. The topological polar surface area (TPSA) is 55.4 Å². The third-order valence-electron chi connectivity index (χ3n) is 3.70. The van der Waals surface area contributed by atoms with Gasteiger partial charge in [-0.25, -0.2) is 0 Å². The van der Waals surface area contributed by atoms with E-state index < -0.39 is 17.9 Å². The Morgan fingerprint density at radius 3 is 2.26 bits per heavy atom. The van der Waals surface area contributed by atoms with Crippen molar-refractivity contribution < 1.29 is 28.4 Å². The molecule has 0 radical (unpaired) electrons. The molecule has 6 heteroatoms. The van der Waals surface area contributed by atoms with Gasteiger partial charge < -0.3 is 28.4 Å². The van der Waals surface area contributed by atoms with E-state index in [0.717, 1.165) is 0 Å². The fourth-order valence-corrected chi connectivity index (χ4v) is 2.95. The van der Waals surface area contributed by atoms with Gasteiger partial charge in [0.1, 0.15) is 24.4 Å². The highest BCUT2D eigenvalue weighted by Gasteiger charge is 2.58. The van der Waals surface area contributed by atoms with E-state index in [1.807, 2.05) is 27.7 Å². The van der Waals surface area contributed by atoms with E-state index in [1.165, 1.54) is 0 Å². The number of ether oxygens (including phenoxy) is 6. The quantitative estimate of drug-likeness (QED) is 0.749. The summed E-state index contributed by atoms with van der Waals surface area (Å²) in [5, 5.41) is 0. The second kappa shape index (κ2) is 4.38. The Bertz CT molecular complexity index is 355. The molecular formula is C13H22O6. The molecule has 3 saturated heterocycles. The van der Waals surface area contributed by atoms with E-state index in [2.05, 4.69) is 0 Å². The third-order valence-corrected chi connectivity index (χ3v) is 3.70. The zero-order chi connectivity index (χ0) is 13.8. The molecule has 0 aromatic rings. The van der Waals surface area contributed by atoms with Gasteiger partial charge in [0.15, 0.2) is 17.9 Å². The van der Waals surface area contributed by atoms with Crippen molar-refractivity contribution in [3.05, 3.63) is 0 Å². The summed E-state index contributed by atoms with van der Waals surface area (Å²) in [6.07, 6.45) is -1.25. The maximum absolute atomic E-state index is 5.92. The van der Waals surface area contributed by atoms with Crippen LogP contribution in [0.1, 0.15) is 27.7 Å². The highest BCUT2D eigenvalue weighted by Crippen LogP contribution is 2.41. The molecular weight excluding hydrogens is 252 g/mol. The van der Waals surface area contributed by atoms with Crippen LogP contribution in [0.15, 0.2) is 0 Å². The maximum atomic E-state index is 5.92. The molecule has 3 rings (SSSR count). The SMILES string of the molecule is CO[C@@H]1[C@H]2OC(C)(C)O[C@H]2O[C@@H]1C1COC(C)(C)O1. The summed E-state index contributed by atoms with van der Waals surface area (Å²) in [4.78, 5) is 0. The van der Waals surface area contributed by atoms with Gasteiger partial charge in [0.2, 0.25) is 0 Å². The van der Waals surface area contributed by atoms with Crippen molar-refractivity contribution in [3.8, 4) is 0 Å². The first kappa shape index (κ1) is 13.7. The molecule has 0 N–H and O–H groups in total. The summed E-state index contributed by atoms with van der Waals surface area (Å²) in [5.41, 5.74) is 0. The zero-order valence-corrected chi connectivity index (χ0v) is 12.0. The van der Waals surface area contributed by atoms with Gasteiger partial charge in [-0.2, -0.15) is 0 Å². The van der Waals surface area contributed by atoms with Crippen LogP contribution in [-0.4, -0.2) is 56.0 Å². The summed E-state index contributed by atoms with van der Waals surface area (Å²) in [5.74, 6) is -1.21. The minimum absolute atomic E-state index is 0.166. The highest BCUT2D eigenvalue weighted by atomic mass is 16.8. The van der Waals surface area contributed by atoms with Crippen molar-refractivity contribution in [1.82, 2.24) is 0 Å². The lowest BCUT2D eigenvalue weighted by Crippen LogP contribution is -2.43. The first-order chi connectivity index (χ1) is 8.81. The predicted molar refractivity (Wildman–Crippen MR) is 64.4 cm³/mol. The van der Waals surface area contributed by atoms with Gasteiger partial charge in [0, 0.05) is 7.11 Å². The Morgan fingerprint density at radius 2 is 1.68 bits per heavy atom. The molecule has 3 aliphatic rings. The lowest BCUT2D eigenvalue weighted by molar-refractivity contribution is -0.234. The van der Waals surface area contributed by atoms with Crippen LogP contribution in [0, 0.1) is 0 Å². The van der Waals surface area contributed by atoms with E-state index in [1.54, 1.807) is 7.11 Å². The molecule has 0 saturated carbocycles. The minimum Gasteiger partial charge on any atom is -0.376 e. The zero-order valence-electron chi connectivity index (χ0n) is 12.0. The van der Waals surface area contributed by atoms with Crippen molar-refractivity contribution in [2.75, 3.05) is 13.7 Å². The average molecular weight is 274 g/mol. The van der Waals surface area contributed by atoms with E-state index in [0.29, 0.717) is 6.61 Å². The molecule has 1 unspecified atom stereocenters. The van der Waals surface area contributed by atoms with Crippen LogP contribution in [0.25, 0.3) is 0 Å². The van der Waals surface area contributed by atoms with E-state index in [9.17, 15) is 0 Å². The Kier molecular flexibility index (Phi) is 3.16.